The van der Waals surface area contributed by atoms with Crippen molar-refractivity contribution in [1.82, 2.24) is 5.32 Å². The summed E-state index contributed by atoms with van der Waals surface area (Å²) in [5.74, 6) is 0. The van der Waals surface area contributed by atoms with Crippen LogP contribution in [0.2, 0.25) is 0 Å². The molecule has 2 rings (SSSR count). The fraction of sp³-hybridized carbons (Fsp3) is 0.538. The summed E-state index contributed by atoms with van der Waals surface area (Å²) in [5.41, 5.74) is 2.23. The van der Waals surface area contributed by atoms with Crippen molar-refractivity contribution in [2.24, 2.45) is 0 Å². The summed E-state index contributed by atoms with van der Waals surface area (Å²) >= 11 is 0. The molecule has 0 aliphatic heterocycles. The summed E-state index contributed by atoms with van der Waals surface area (Å²) in [6, 6.07) is 8.98. The first-order valence-electron chi connectivity index (χ1n) is 5.60. The minimum atomic E-state index is -0.627. The minimum Gasteiger partial charge on any atom is -0.389 e. The van der Waals surface area contributed by atoms with Crippen molar-refractivity contribution in [2.75, 3.05) is 6.54 Å². The van der Waals surface area contributed by atoms with Gasteiger partial charge in [-0.25, -0.2) is 0 Å². The molecule has 0 heterocycles. The van der Waals surface area contributed by atoms with Gasteiger partial charge >= 0.3 is 0 Å². The lowest BCUT2D eigenvalue weighted by Gasteiger charge is -2.21. The smallest absolute Gasteiger partial charge is 0.0715 e. The molecule has 0 saturated carbocycles. The summed E-state index contributed by atoms with van der Waals surface area (Å²) in [6.45, 7) is 4.31. The summed E-state index contributed by atoms with van der Waals surface area (Å²) in [7, 11) is 0. The lowest BCUT2D eigenvalue weighted by atomic mass is 10.1. The number of rotatable bonds is 3. The highest BCUT2D eigenvalue weighted by Gasteiger charge is 2.23. The lowest BCUT2D eigenvalue weighted by molar-refractivity contribution is 0.0764. The third kappa shape index (κ3) is 2.58. The Balaban J connectivity index is 2.02. The average molecular weight is 205 g/mol. The summed E-state index contributed by atoms with van der Waals surface area (Å²) in [6.07, 6.45) is 2.30. The number of aryl methyl sites for hydroxylation is 1. The first kappa shape index (κ1) is 10.7. The molecule has 0 spiro atoms. The van der Waals surface area contributed by atoms with Crippen molar-refractivity contribution in [3.8, 4) is 0 Å². The van der Waals surface area contributed by atoms with Crippen LogP contribution in [0.1, 0.15) is 37.4 Å². The Kier molecular flexibility index (Phi) is 2.81. The molecule has 2 nitrogen and oxygen atoms in total. The van der Waals surface area contributed by atoms with E-state index >= 15 is 0 Å². The highest BCUT2D eigenvalue weighted by molar-refractivity contribution is 5.34. The predicted molar refractivity (Wildman–Crippen MR) is 61.8 cm³/mol. The number of nitrogens with one attached hydrogen (secondary N) is 1. The van der Waals surface area contributed by atoms with E-state index in [0.717, 1.165) is 12.8 Å². The van der Waals surface area contributed by atoms with Crippen LogP contribution >= 0.6 is 0 Å². The van der Waals surface area contributed by atoms with Crippen molar-refractivity contribution in [2.45, 2.75) is 38.3 Å². The normalized spacial score (nSPS) is 20.3. The van der Waals surface area contributed by atoms with E-state index < -0.39 is 5.60 Å². The third-order valence-corrected chi connectivity index (χ3v) is 2.91. The van der Waals surface area contributed by atoms with Crippen LogP contribution in [-0.2, 0) is 6.42 Å². The zero-order valence-corrected chi connectivity index (χ0v) is 9.46. The Morgan fingerprint density at radius 3 is 2.87 bits per heavy atom. The Labute approximate surface area is 91.3 Å². The van der Waals surface area contributed by atoms with Gasteiger partial charge < -0.3 is 10.4 Å². The first-order chi connectivity index (χ1) is 7.06. The van der Waals surface area contributed by atoms with Gasteiger partial charge in [0, 0.05) is 12.6 Å². The molecule has 0 saturated heterocycles. The van der Waals surface area contributed by atoms with Gasteiger partial charge in [-0.2, -0.15) is 0 Å². The Morgan fingerprint density at radius 1 is 1.40 bits per heavy atom. The van der Waals surface area contributed by atoms with Crippen LogP contribution in [0.15, 0.2) is 24.3 Å². The molecule has 15 heavy (non-hydrogen) atoms. The molecular weight excluding hydrogens is 186 g/mol. The zero-order chi connectivity index (χ0) is 10.9. The number of aliphatic hydroxyl groups is 1. The van der Waals surface area contributed by atoms with Gasteiger partial charge in [0.05, 0.1) is 5.60 Å². The van der Waals surface area contributed by atoms with E-state index in [-0.39, 0.29) is 0 Å². The number of hydrogen-bond donors (Lipinski definition) is 2. The van der Waals surface area contributed by atoms with E-state index in [1.54, 1.807) is 0 Å². The number of fused-ring (bicyclic) bond motifs is 1. The van der Waals surface area contributed by atoms with Crippen LogP contribution in [0.5, 0.6) is 0 Å². The fourth-order valence-corrected chi connectivity index (χ4v) is 2.14. The maximum Gasteiger partial charge on any atom is 0.0715 e. The predicted octanol–water partition coefficient (Wildman–Crippen LogP) is 2.03. The molecule has 82 valence electrons. The first-order valence-corrected chi connectivity index (χ1v) is 5.60. The largest absolute Gasteiger partial charge is 0.389 e. The second-order valence-corrected chi connectivity index (χ2v) is 4.98. The van der Waals surface area contributed by atoms with Crippen molar-refractivity contribution >= 4 is 0 Å². The number of benzene rings is 1. The summed E-state index contributed by atoms with van der Waals surface area (Å²) in [4.78, 5) is 0. The second-order valence-electron chi connectivity index (χ2n) is 4.98. The maximum atomic E-state index is 9.66. The van der Waals surface area contributed by atoms with Gasteiger partial charge in [-0.3, -0.25) is 0 Å². The van der Waals surface area contributed by atoms with E-state index in [0.29, 0.717) is 12.6 Å². The van der Waals surface area contributed by atoms with Crippen LogP contribution in [0.4, 0.5) is 0 Å². The van der Waals surface area contributed by atoms with E-state index in [1.807, 2.05) is 13.8 Å². The van der Waals surface area contributed by atoms with E-state index in [9.17, 15) is 5.11 Å². The van der Waals surface area contributed by atoms with Gasteiger partial charge in [-0.05, 0) is 37.8 Å². The third-order valence-electron chi connectivity index (χ3n) is 2.91. The van der Waals surface area contributed by atoms with Gasteiger partial charge in [-0.1, -0.05) is 24.3 Å². The Morgan fingerprint density at radius 2 is 2.13 bits per heavy atom. The SMILES string of the molecule is CC(C)(O)CN[C@@H]1CCc2ccccc21. The molecule has 0 amide bonds. The average Bonchev–Trinajstić information content (AvgIpc) is 2.57. The summed E-state index contributed by atoms with van der Waals surface area (Å²) in [5, 5.41) is 13.1. The molecular formula is C13H19NO. The quantitative estimate of drug-likeness (QED) is 0.791. The number of hydrogen-bond acceptors (Lipinski definition) is 2. The molecule has 2 heteroatoms. The molecule has 1 atom stereocenters. The molecule has 0 aromatic heterocycles. The lowest BCUT2D eigenvalue weighted by Crippen LogP contribution is -2.36. The van der Waals surface area contributed by atoms with E-state index in [1.165, 1.54) is 11.1 Å². The highest BCUT2D eigenvalue weighted by Crippen LogP contribution is 2.30. The van der Waals surface area contributed by atoms with Crippen molar-refractivity contribution in [1.29, 1.82) is 0 Å². The van der Waals surface area contributed by atoms with Crippen molar-refractivity contribution < 1.29 is 5.11 Å². The van der Waals surface area contributed by atoms with Crippen molar-refractivity contribution in [3.05, 3.63) is 35.4 Å². The van der Waals surface area contributed by atoms with E-state index in [2.05, 4.69) is 29.6 Å². The van der Waals surface area contributed by atoms with E-state index in [4.69, 9.17) is 0 Å². The van der Waals surface area contributed by atoms with Gasteiger partial charge in [-0.15, -0.1) is 0 Å². The fourth-order valence-electron chi connectivity index (χ4n) is 2.14. The van der Waals surface area contributed by atoms with Gasteiger partial charge in [0.15, 0.2) is 0 Å². The molecule has 0 fully saturated rings. The van der Waals surface area contributed by atoms with Crippen molar-refractivity contribution in [3.63, 3.8) is 0 Å². The molecule has 1 aromatic carbocycles. The Hall–Kier alpha value is -0.860. The molecule has 0 radical (unpaired) electrons. The van der Waals surface area contributed by atoms with Crippen LogP contribution < -0.4 is 5.32 Å². The molecule has 0 bridgehead atoms. The van der Waals surface area contributed by atoms with Gasteiger partial charge in [0.2, 0.25) is 0 Å². The van der Waals surface area contributed by atoms with Crippen LogP contribution in [0.3, 0.4) is 0 Å². The molecule has 1 aliphatic carbocycles. The standard InChI is InChI=1S/C13H19NO/c1-13(2,15)9-14-12-8-7-10-5-3-4-6-11(10)12/h3-6,12,14-15H,7-9H2,1-2H3/t12-/m1/s1. The summed E-state index contributed by atoms with van der Waals surface area (Å²) < 4.78 is 0. The molecule has 0 unspecified atom stereocenters. The monoisotopic (exact) mass is 205 g/mol. The minimum absolute atomic E-state index is 0.424. The topological polar surface area (TPSA) is 32.3 Å². The van der Waals surface area contributed by atoms with Crippen LogP contribution in [-0.4, -0.2) is 17.3 Å². The van der Waals surface area contributed by atoms with Gasteiger partial charge in [0.25, 0.3) is 0 Å². The maximum absolute atomic E-state index is 9.66. The second kappa shape index (κ2) is 3.95. The highest BCUT2D eigenvalue weighted by atomic mass is 16.3. The molecule has 2 N–H and O–H groups in total. The van der Waals surface area contributed by atoms with Crippen LogP contribution in [0, 0.1) is 0 Å². The Bertz CT molecular complexity index is 341. The van der Waals surface area contributed by atoms with Gasteiger partial charge in [0.1, 0.15) is 0 Å². The molecule has 1 aliphatic rings. The molecule has 1 aromatic rings. The van der Waals surface area contributed by atoms with Crippen LogP contribution in [0.25, 0.3) is 0 Å². The zero-order valence-electron chi connectivity index (χ0n) is 9.46.